The van der Waals surface area contributed by atoms with Gasteiger partial charge in [-0.15, -0.1) is 0 Å². The molecule has 3 nitrogen and oxygen atoms in total. The van der Waals surface area contributed by atoms with Crippen LogP contribution < -0.4 is 5.32 Å². The standard InChI is InChI=1S/C15H14FNO2/c1-9-4-6-13(12(16)7-9)17-15(19)11-5-3-10(2)8-14(11)18/h3-8,18H,1-2H3,(H,17,19). The van der Waals surface area contributed by atoms with E-state index in [1.807, 2.05) is 0 Å². The number of phenols is 1. The summed E-state index contributed by atoms with van der Waals surface area (Å²) in [5.41, 5.74) is 1.82. The number of hydrogen-bond donors (Lipinski definition) is 2. The molecule has 4 heteroatoms. The van der Waals surface area contributed by atoms with Gasteiger partial charge in [0.25, 0.3) is 5.91 Å². The Kier molecular flexibility index (Phi) is 3.51. The molecule has 2 aromatic carbocycles. The molecule has 0 aliphatic carbocycles. The number of halogens is 1. The fourth-order valence-electron chi connectivity index (χ4n) is 1.74. The van der Waals surface area contributed by atoms with Gasteiger partial charge in [-0.2, -0.15) is 0 Å². The molecule has 0 unspecified atom stereocenters. The first kappa shape index (κ1) is 13.1. The number of nitrogens with one attached hydrogen (secondary N) is 1. The number of benzene rings is 2. The second kappa shape index (κ2) is 5.10. The number of anilines is 1. The molecule has 2 N–H and O–H groups in total. The Morgan fingerprint density at radius 3 is 2.37 bits per heavy atom. The molecule has 0 heterocycles. The first-order valence-electron chi connectivity index (χ1n) is 5.84. The van der Waals surface area contributed by atoms with Crippen molar-refractivity contribution in [1.29, 1.82) is 0 Å². The average molecular weight is 259 g/mol. The molecule has 19 heavy (non-hydrogen) atoms. The highest BCUT2D eigenvalue weighted by Crippen LogP contribution is 2.21. The van der Waals surface area contributed by atoms with Crippen molar-refractivity contribution in [3.05, 3.63) is 58.9 Å². The lowest BCUT2D eigenvalue weighted by atomic mass is 10.1. The summed E-state index contributed by atoms with van der Waals surface area (Å²) in [5, 5.41) is 12.1. The van der Waals surface area contributed by atoms with Gasteiger partial charge < -0.3 is 10.4 Å². The summed E-state index contributed by atoms with van der Waals surface area (Å²) in [6.45, 7) is 3.57. The summed E-state index contributed by atoms with van der Waals surface area (Å²) in [7, 11) is 0. The molecule has 98 valence electrons. The summed E-state index contributed by atoms with van der Waals surface area (Å²) in [4.78, 5) is 11.9. The number of carbonyl (C=O) groups is 1. The Morgan fingerprint density at radius 2 is 1.74 bits per heavy atom. The average Bonchev–Trinajstić information content (AvgIpc) is 2.32. The Morgan fingerprint density at radius 1 is 1.11 bits per heavy atom. The zero-order valence-corrected chi connectivity index (χ0v) is 10.7. The molecule has 0 aromatic heterocycles. The van der Waals surface area contributed by atoms with Crippen LogP contribution in [0.25, 0.3) is 0 Å². The van der Waals surface area contributed by atoms with Crippen LogP contribution in [0.5, 0.6) is 5.75 Å². The number of aromatic hydroxyl groups is 1. The molecule has 0 fully saturated rings. The van der Waals surface area contributed by atoms with Gasteiger partial charge in [0, 0.05) is 0 Å². The van der Waals surface area contributed by atoms with Crippen LogP contribution in [0, 0.1) is 19.7 Å². The second-order valence-corrected chi connectivity index (χ2v) is 4.46. The summed E-state index contributed by atoms with van der Waals surface area (Å²) < 4.78 is 13.6. The third-order valence-corrected chi connectivity index (χ3v) is 2.77. The van der Waals surface area contributed by atoms with Crippen molar-refractivity contribution in [3.63, 3.8) is 0 Å². The van der Waals surface area contributed by atoms with Gasteiger partial charge in [-0.3, -0.25) is 4.79 Å². The van der Waals surface area contributed by atoms with Crippen LogP contribution in [0.1, 0.15) is 21.5 Å². The van der Waals surface area contributed by atoms with Crippen LogP contribution in [0.4, 0.5) is 10.1 Å². The van der Waals surface area contributed by atoms with Crippen LogP contribution in [0.2, 0.25) is 0 Å². The van der Waals surface area contributed by atoms with E-state index in [1.54, 1.807) is 26.0 Å². The van der Waals surface area contributed by atoms with Crippen molar-refractivity contribution in [3.8, 4) is 5.75 Å². The van der Waals surface area contributed by atoms with E-state index in [0.717, 1.165) is 11.1 Å². The van der Waals surface area contributed by atoms with Gasteiger partial charge in [-0.05, 0) is 49.2 Å². The minimum Gasteiger partial charge on any atom is -0.507 e. The van der Waals surface area contributed by atoms with Gasteiger partial charge in [0.05, 0.1) is 11.3 Å². The highest BCUT2D eigenvalue weighted by Gasteiger charge is 2.13. The van der Waals surface area contributed by atoms with Crippen molar-refractivity contribution >= 4 is 11.6 Å². The van der Waals surface area contributed by atoms with Crippen molar-refractivity contribution in [1.82, 2.24) is 0 Å². The minimum atomic E-state index is -0.541. The molecule has 1 amide bonds. The van der Waals surface area contributed by atoms with Gasteiger partial charge in [0.1, 0.15) is 11.6 Å². The van der Waals surface area contributed by atoms with Gasteiger partial charge in [-0.25, -0.2) is 4.39 Å². The van der Waals surface area contributed by atoms with Gasteiger partial charge in [0.15, 0.2) is 0 Å². The Hall–Kier alpha value is -2.36. The van der Waals surface area contributed by atoms with Gasteiger partial charge >= 0.3 is 0 Å². The number of aryl methyl sites for hydroxylation is 2. The van der Waals surface area contributed by atoms with Gasteiger partial charge in [0.2, 0.25) is 0 Å². The molecule has 0 radical (unpaired) electrons. The van der Waals surface area contributed by atoms with E-state index in [2.05, 4.69) is 5.32 Å². The number of carbonyl (C=O) groups excluding carboxylic acids is 1. The lowest BCUT2D eigenvalue weighted by molar-refractivity contribution is 0.102. The fraction of sp³-hybridized carbons (Fsp3) is 0.133. The topological polar surface area (TPSA) is 49.3 Å². The number of phenolic OH excluding ortho intramolecular Hbond substituents is 1. The van der Waals surface area contributed by atoms with Gasteiger partial charge in [-0.1, -0.05) is 12.1 Å². The Balaban J connectivity index is 2.25. The molecule has 0 saturated carbocycles. The SMILES string of the molecule is Cc1ccc(C(=O)Nc2ccc(C)cc2F)c(O)c1. The smallest absolute Gasteiger partial charge is 0.259 e. The molecule has 0 aliphatic rings. The number of hydrogen-bond acceptors (Lipinski definition) is 2. The first-order chi connectivity index (χ1) is 8.97. The lowest BCUT2D eigenvalue weighted by Crippen LogP contribution is -2.13. The first-order valence-corrected chi connectivity index (χ1v) is 5.84. The van der Waals surface area contributed by atoms with E-state index in [-0.39, 0.29) is 17.0 Å². The molecule has 2 aromatic rings. The third-order valence-electron chi connectivity index (χ3n) is 2.77. The third kappa shape index (κ3) is 2.91. The quantitative estimate of drug-likeness (QED) is 0.868. The fourth-order valence-corrected chi connectivity index (χ4v) is 1.74. The largest absolute Gasteiger partial charge is 0.507 e. The summed E-state index contributed by atoms with van der Waals surface area (Å²) in [5.74, 6) is -1.16. The van der Waals surface area contributed by atoms with E-state index in [1.165, 1.54) is 24.3 Å². The highest BCUT2D eigenvalue weighted by atomic mass is 19.1. The lowest BCUT2D eigenvalue weighted by Gasteiger charge is -2.08. The highest BCUT2D eigenvalue weighted by molar-refractivity contribution is 6.06. The zero-order chi connectivity index (χ0) is 14.0. The normalized spacial score (nSPS) is 10.3. The van der Waals surface area contributed by atoms with Crippen LogP contribution in [0.3, 0.4) is 0 Å². The Bertz CT molecular complexity index is 638. The van der Waals surface area contributed by atoms with Crippen LogP contribution in [0.15, 0.2) is 36.4 Å². The minimum absolute atomic E-state index is 0.0931. The maximum Gasteiger partial charge on any atom is 0.259 e. The van der Waals surface area contributed by atoms with E-state index < -0.39 is 11.7 Å². The molecule has 2 rings (SSSR count). The van der Waals surface area contributed by atoms with E-state index in [0.29, 0.717) is 0 Å². The second-order valence-electron chi connectivity index (χ2n) is 4.46. The number of rotatable bonds is 2. The van der Waals surface area contributed by atoms with E-state index >= 15 is 0 Å². The predicted octanol–water partition coefficient (Wildman–Crippen LogP) is 3.40. The molecule has 0 bridgehead atoms. The van der Waals surface area contributed by atoms with E-state index in [4.69, 9.17) is 0 Å². The summed E-state index contributed by atoms with van der Waals surface area (Å²) in [6, 6.07) is 9.23. The van der Waals surface area contributed by atoms with E-state index in [9.17, 15) is 14.3 Å². The number of amides is 1. The maximum atomic E-state index is 13.6. The monoisotopic (exact) mass is 259 g/mol. The van der Waals surface area contributed by atoms with Crippen LogP contribution in [-0.2, 0) is 0 Å². The predicted molar refractivity (Wildman–Crippen MR) is 71.9 cm³/mol. The van der Waals surface area contributed by atoms with Crippen molar-refractivity contribution in [2.75, 3.05) is 5.32 Å². The maximum absolute atomic E-state index is 13.6. The molecular formula is C15H14FNO2. The van der Waals surface area contributed by atoms with Crippen molar-refractivity contribution in [2.24, 2.45) is 0 Å². The van der Waals surface area contributed by atoms with Crippen molar-refractivity contribution in [2.45, 2.75) is 13.8 Å². The van der Waals surface area contributed by atoms with Crippen LogP contribution in [-0.4, -0.2) is 11.0 Å². The van der Waals surface area contributed by atoms with Crippen molar-refractivity contribution < 1.29 is 14.3 Å². The molecule has 0 spiro atoms. The summed E-state index contributed by atoms with van der Waals surface area (Å²) >= 11 is 0. The Labute approximate surface area is 110 Å². The molecule has 0 aliphatic heterocycles. The van der Waals surface area contributed by atoms with Crippen LogP contribution >= 0.6 is 0 Å². The molecule has 0 saturated heterocycles. The molecular weight excluding hydrogens is 245 g/mol. The summed E-state index contributed by atoms with van der Waals surface area (Å²) in [6.07, 6.45) is 0. The zero-order valence-electron chi connectivity index (χ0n) is 10.7. The molecule has 0 atom stereocenters.